The van der Waals surface area contributed by atoms with Crippen LogP contribution in [0.5, 0.6) is 0 Å². The van der Waals surface area contributed by atoms with Crippen LogP contribution in [0.1, 0.15) is 0 Å². The molecule has 2 aromatic rings. The standard InChI is InChI=1S/C16H15NO4/c1-20-15(18)9-14(10-16(19)21-2)17-8-7-12-5-3-4-6-13(12)11-17/h3-11H,1-2H3. The molecule has 0 aliphatic heterocycles. The van der Waals surface area contributed by atoms with Crippen molar-refractivity contribution in [3.05, 3.63) is 60.8 Å². The highest BCUT2D eigenvalue weighted by molar-refractivity contribution is 5.88. The predicted octanol–water partition coefficient (Wildman–Crippen LogP) is 0.989. The number of hydrogen-bond acceptors (Lipinski definition) is 4. The number of hydrogen-bond donors (Lipinski definition) is 0. The summed E-state index contributed by atoms with van der Waals surface area (Å²) in [6, 6.07) is 9.68. The Bertz CT molecular complexity index is 719. The second kappa shape index (κ2) is 6.56. The third-order valence-electron chi connectivity index (χ3n) is 2.92. The van der Waals surface area contributed by atoms with Crippen LogP contribution < -0.4 is 9.67 Å². The van der Waals surface area contributed by atoms with Crippen LogP contribution in [0.25, 0.3) is 16.5 Å². The lowest BCUT2D eigenvalue weighted by molar-refractivity contribution is -0.577. The number of ether oxygens (including phenoxy) is 2. The molecular weight excluding hydrogens is 270 g/mol. The van der Waals surface area contributed by atoms with Crippen molar-refractivity contribution in [3.8, 4) is 0 Å². The van der Waals surface area contributed by atoms with E-state index in [9.17, 15) is 9.90 Å². The van der Waals surface area contributed by atoms with Crippen LogP contribution in [-0.2, 0) is 14.3 Å². The molecule has 0 spiro atoms. The average Bonchev–Trinajstić information content (AvgIpc) is 2.53. The molecule has 0 atom stereocenters. The molecule has 21 heavy (non-hydrogen) atoms. The van der Waals surface area contributed by atoms with Crippen molar-refractivity contribution in [1.29, 1.82) is 0 Å². The first-order valence-corrected chi connectivity index (χ1v) is 6.27. The number of pyridine rings is 1. The van der Waals surface area contributed by atoms with Crippen molar-refractivity contribution in [2.45, 2.75) is 0 Å². The number of rotatable bonds is 4. The Labute approximate surface area is 122 Å². The molecule has 0 fully saturated rings. The van der Waals surface area contributed by atoms with E-state index in [4.69, 9.17) is 0 Å². The Balaban J connectivity index is 2.52. The smallest absolute Gasteiger partial charge is 0.337 e. The van der Waals surface area contributed by atoms with Gasteiger partial charge in [-0.05, 0) is 18.6 Å². The molecule has 0 unspecified atom stereocenters. The summed E-state index contributed by atoms with van der Waals surface area (Å²) in [5, 5.41) is 13.5. The zero-order valence-electron chi connectivity index (χ0n) is 11.8. The van der Waals surface area contributed by atoms with E-state index in [-0.39, 0.29) is 0 Å². The summed E-state index contributed by atoms with van der Waals surface area (Å²) in [6.45, 7) is 0. The Morgan fingerprint density at radius 2 is 1.81 bits per heavy atom. The van der Waals surface area contributed by atoms with E-state index in [2.05, 4.69) is 9.47 Å². The summed E-state index contributed by atoms with van der Waals surface area (Å²) in [7, 11) is 2.55. The zero-order valence-corrected chi connectivity index (χ0v) is 11.8. The number of benzene rings is 1. The second-order valence-corrected chi connectivity index (χ2v) is 4.24. The van der Waals surface area contributed by atoms with E-state index in [0.717, 1.165) is 10.8 Å². The summed E-state index contributed by atoms with van der Waals surface area (Å²) in [6.07, 6.45) is 6.04. The number of aromatic nitrogens is 1. The summed E-state index contributed by atoms with van der Waals surface area (Å²) in [4.78, 5) is 11.4. The molecule has 5 nitrogen and oxygen atoms in total. The number of carbonyl (C=O) groups is 1. The van der Waals surface area contributed by atoms with Gasteiger partial charge in [0.15, 0.2) is 12.4 Å². The molecule has 2 rings (SSSR count). The molecule has 0 bridgehead atoms. The lowest BCUT2D eigenvalue weighted by atomic mass is 10.2. The number of fused-ring (bicyclic) bond motifs is 1. The molecule has 0 saturated heterocycles. The van der Waals surface area contributed by atoms with Crippen molar-refractivity contribution >= 4 is 22.4 Å². The molecule has 1 heterocycles. The first-order chi connectivity index (χ1) is 10.1. The van der Waals surface area contributed by atoms with E-state index in [1.807, 2.05) is 36.5 Å². The first kappa shape index (κ1) is 14.6. The van der Waals surface area contributed by atoms with Crippen molar-refractivity contribution in [1.82, 2.24) is 0 Å². The molecule has 1 aromatic heterocycles. The van der Waals surface area contributed by atoms with Gasteiger partial charge in [0.05, 0.1) is 19.1 Å². The maximum Gasteiger partial charge on any atom is 0.337 e. The number of carbonyl (C=O) groups excluding carboxylic acids is 1. The number of methoxy groups -OCH3 is 2. The topological polar surface area (TPSA) is 62.5 Å². The van der Waals surface area contributed by atoms with Gasteiger partial charge in [-0.3, -0.25) is 0 Å². The summed E-state index contributed by atoms with van der Waals surface area (Å²) in [5.41, 5.74) is 0.361. The van der Waals surface area contributed by atoms with Gasteiger partial charge in [0.25, 0.3) is 0 Å². The van der Waals surface area contributed by atoms with Gasteiger partial charge >= 0.3 is 5.97 Å². The molecule has 0 radical (unpaired) electrons. The Morgan fingerprint density at radius 3 is 2.48 bits per heavy atom. The fraction of sp³-hybridized carbons (Fsp3) is 0.125. The largest absolute Gasteiger partial charge is 0.616 e. The Kier molecular flexibility index (Phi) is 4.56. The van der Waals surface area contributed by atoms with E-state index in [1.54, 1.807) is 10.8 Å². The number of nitrogens with zero attached hydrogens (tertiary/aromatic N) is 1. The van der Waals surface area contributed by atoms with Crippen LogP contribution in [0.2, 0.25) is 0 Å². The quantitative estimate of drug-likeness (QED) is 0.276. The minimum absolute atomic E-state index is 0.361. The third-order valence-corrected chi connectivity index (χ3v) is 2.92. The van der Waals surface area contributed by atoms with Gasteiger partial charge in [0, 0.05) is 17.5 Å². The van der Waals surface area contributed by atoms with E-state index in [0.29, 0.717) is 5.70 Å². The minimum Gasteiger partial charge on any atom is -0.616 e. The fourth-order valence-corrected chi connectivity index (χ4v) is 1.84. The zero-order chi connectivity index (χ0) is 15.2. The van der Waals surface area contributed by atoms with Crippen molar-refractivity contribution in [3.63, 3.8) is 0 Å². The fourth-order valence-electron chi connectivity index (χ4n) is 1.84. The molecule has 0 aliphatic rings. The maximum atomic E-state index is 11.4. The van der Waals surface area contributed by atoms with Gasteiger partial charge in [-0.25, -0.2) is 4.79 Å². The molecular formula is C16H15NO4. The van der Waals surface area contributed by atoms with Crippen LogP contribution in [0.3, 0.4) is 0 Å². The van der Waals surface area contributed by atoms with Gasteiger partial charge in [0.1, 0.15) is 0 Å². The molecule has 0 amide bonds. The minimum atomic E-state index is -0.550. The molecule has 0 saturated carbocycles. The van der Waals surface area contributed by atoms with Crippen LogP contribution in [-0.4, -0.2) is 20.2 Å². The average molecular weight is 285 g/mol. The first-order valence-electron chi connectivity index (χ1n) is 6.27. The molecule has 1 aromatic carbocycles. The second-order valence-electron chi connectivity index (χ2n) is 4.24. The predicted molar refractivity (Wildman–Crippen MR) is 75.5 cm³/mol. The summed E-state index contributed by atoms with van der Waals surface area (Å²) in [5.74, 6) is -1.10. The van der Waals surface area contributed by atoms with E-state index >= 15 is 0 Å². The normalized spacial score (nSPS) is 12.3. The Morgan fingerprint density at radius 1 is 1.10 bits per heavy atom. The SMILES string of the molecule is COC(=O)/C=C(\C=C(/[O-])OC)[n+]1ccc2ccccc2c1. The molecule has 108 valence electrons. The van der Waals surface area contributed by atoms with E-state index < -0.39 is 11.9 Å². The molecule has 5 heteroatoms. The summed E-state index contributed by atoms with van der Waals surface area (Å²) < 4.78 is 10.9. The van der Waals surface area contributed by atoms with Gasteiger partial charge in [-0.1, -0.05) is 18.2 Å². The molecule has 0 aliphatic carbocycles. The highest BCUT2D eigenvalue weighted by Crippen LogP contribution is 2.11. The molecule has 0 N–H and O–H groups in total. The highest BCUT2D eigenvalue weighted by atomic mass is 16.6. The maximum absolute atomic E-state index is 11.4. The number of allylic oxidation sites excluding steroid dienone is 2. The van der Waals surface area contributed by atoms with Gasteiger partial charge in [-0.2, -0.15) is 4.57 Å². The van der Waals surface area contributed by atoms with Crippen LogP contribution in [0.15, 0.2) is 60.8 Å². The lowest BCUT2D eigenvalue weighted by Gasteiger charge is -2.07. The van der Waals surface area contributed by atoms with Crippen molar-refractivity contribution in [2.24, 2.45) is 0 Å². The van der Waals surface area contributed by atoms with Crippen LogP contribution >= 0.6 is 0 Å². The van der Waals surface area contributed by atoms with Gasteiger partial charge in [0.2, 0.25) is 5.70 Å². The summed E-state index contributed by atoms with van der Waals surface area (Å²) >= 11 is 0. The number of esters is 1. The van der Waals surface area contributed by atoms with Crippen molar-refractivity contribution < 1.29 is 23.9 Å². The monoisotopic (exact) mass is 285 g/mol. The Hall–Kier alpha value is -2.82. The van der Waals surface area contributed by atoms with E-state index in [1.165, 1.54) is 26.4 Å². The lowest BCUT2D eigenvalue weighted by Crippen LogP contribution is -2.32. The highest BCUT2D eigenvalue weighted by Gasteiger charge is 2.11. The van der Waals surface area contributed by atoms with Crippen molar-refractivity contribution in [2.75, 3.05) is 14.2 Å². The van der Waals surface area contributed by atoms with Gasteiger partial charge < -0.3 is 14.6 Å². The van der Waals surface area contributed by atoms with Crippen LogP contribution in [0, 0.1) is 0 Å². The van der Waals surface area contributed by atoms with Crippen LogP contribution in [0.4, 0.5) is 0 Å². The van der Waals surface area contributed by atoms with Gasteiger partial charge in [-0.15, -0.1) is 0 Å². The third kappa shape index (κ3) is 3.60.